The van der Waals surface area contributed by atoms with Gasteiger partial charge in [-0.15, -0.1) is 5.10 Å². The summed E-state index contributed by atoms with van der Waals surface area (Å²) in [4.78, 5) is 0. The molecular weight excluding hydrogens is 182 g/mol. The van der Waals surface area contributed by atoms with Gasteiger partial charge < -0.3 is 10.1 Å². The molecule has 0 aliphatic rings. The van der Waals surface area contributed by atoms with Crippen molar-refractivity contribution in [3.05, 3.63) is 5.82 Å². The third-order valence-corrected chi connectivity index (χ3v) is 1.92. The summed E-state index contributed by atoms with van der Waals surface area (Å²) in [5.74, 6) is 0.844. The summed E-state index contributed by atoms with van der Waals surface area (Å²) < 4.78 is 6.83. The van der Waals surface area contributed by atoms with Crippen LogP contribution in [-0.4, -0.2) is 40.5 Å². The van der Waals surface area contributed by atoms with Crippen LogP contribution in [0.2, 0.25) is 0 Å². The first-order chi connectivity index (χ1) is 6.79. The number of hydrogen-bond donors (Lipinski definition) is 1. The van der Waals surface area contributed by atoms with E-state index < -0.39 is 0 Å². The summed E-state index contributed by atoms with van der Waals surface area (Å²) in [7, 11) is 1.67. The number of nitrogens with zero attached hydrogens (tertiary/aromatic N) is 4. The molecule has 0 radical (unpaired) electrons. The highest BCUT2D eigenvalue weighted by molar-refractivity contribution is 4.82. The summed E-state index contributed by atoms with van der Waals surface area (Å²) in [5, 5.41) is 14.7. The lowest BCUT2D eigenvalue weighted by atomic mass is 10.3. The lowest BCUT2D eigenvalue weighted by molar-refractivity contribution is 0.154. The molecule has 6 heteroatoms. The second-order valence-electron chi connectivity index (χ2n) is 3.12. The third-order valence-electron chi connectivity index (χ3n) is 1.92. The Morgan fingerprint density at radius 3 is 3.00 bits per heavy atom. The fourth-order valence-electron chi connectivity index (χ4n) is 1.22. The van der Waals surface area contributed by atoms with Crippen LogP contribution >= 0.6 is 0 Å². The van der Waals surface area contributed by atoms with Gasteiger partial charge in [-0.3, -0.25) is 0 Å². The predicted octanol–water partition coefficient (Wildman–Crippen LogP) is -0.0100. The van der Waals surface area contributed by atoms with Crippen molar-refractivity contribution in [1.82, 2.24) is 25.5 Å². The zero-order chi connectivity index (χ0) is 10.4. The molecule has 0 aliphatic heterocycles. The van der Waals surface area contributed by atoms with Crippen LogP contribution in [-0.2, 0) is 11.3 Å². The van der Waals surface area contributed by atoms with Crippen LogP contribution in [0.25, 0.3) is 0 Å². The minimum atomic E-state index is 0.170. The van der Waals surface area contributed by atoms with Crippen LogP contribution in [0.4, 0.5) is 0 Å². The van der Waals surface area contributed by atoms with E-state index in [1.807, 2.05) is 13.8 Å². The zero-order valence-electron chi connectivity index (χ0n) is 8.90. The number of rotatable bonds is 6. The maximum absolute atomic E-state index is 5.05. The van der Waals surface area contributed by atoms with Crippen molar-refractivity contribution >= 4 is 0 Å². The molecule has 0 fully saturated rings. The van der Waals surface area contributed by atoms with Crippen molar-refractivity contribution in [3.8, 4) is 0 Å². The summed E-state index contributed by atoms with van der Waals surface area (Å²) in [6, 6.07) is 0.170. The molecule has 1 rings (SSSR count). The van der Waals surface area contributed by atoms with Gasteiger partial charge in [0, 0.05) is 7.11 Å². The van der Waals surface area contributed by atoms with E-state index in [9.17, 15) is 0 Å². The highest BCUT2D eigenvalue weighted by Crippen LogP contribution is 2.05. The number of ether oxygens (including phenoxy) is 1. The molecule has 14 heavy (non-hydrogen) atoms. The molecule has 0 aromatic carbocycles. The molecule has 1 atom stereocenters. The van der Waals surface area contributed by atoms with Gasteiger partial charge in [0.2, 0.25) is 0 Å². The number of nitrogens with one attached hydrogen (secondary N) is 1. The van der Waals surface area contributed by atoms with Crippen molar-refractivity contribution < 1.29 is 4.74 Å². The van der Waals surface area contributed by atoms with Gasteiger partial charge >= 0.3 is 0 Å². The van der Waals surface area contributed by atoms with E-state index in [1.165, 1.54) is 0 Å². The number of hydrogen-bond acceptors (Lipinski definition) is 5. The molecule has 1 aromatic rings. The zero-order valence-corrected chi connectivity index (χ0v) is 8.90. The molecule has 0 spiro atoms. The number of methoxy groups -OCH3 is 1. The van der Waals surface area contributed by atoms with Crippen molar-refractivity contribution in [2.24, 2.45) is 0 Å². The SMILES string of the molecule is CCNCc1nnnn1C(C)COC. The van der Waals surface area contributed by atoms with Crippen LogP contribution in [0.1, 0.15) is 25.7 Å². The van der Waals surface area contributed by atoms with E-state index in [-0.39, 0.29) is 6.04 Å². The molecule has 0 bridgehead atoms. The first-order valence-electron chi connectivity index (χ1n) is 4.76. The molecule has 0 saturated heterocycles. The van der Waals surface area contributed by atoms with E-state index in [4.69, 9.17) is 4.74 Å². The highest BCUT2D eigenvalue weighted by Gasteiger charge is 2.11. The fraction of sp³-hybridized carbons (Fsp3) is 0.875. The number of tetrazole rings is 1. The van der Waals surface area contributed by atoms with E-state index in [0.717, 1.165) is 12.4 Å². The lowest BCUT2D eigenvalue weighted by Gasteiger charge is -2.11. The standard InChI is InChI=1S/C8H17N5O/c1-4-9-5-8-10-11-12-13(8)7(2)6-14-3/h7,9H,4-6H2,1-3H3. The Kier molecular flexibility index (Phi) is 4.48. The van der Waals surface area contributed by atoms with E-state index in [2.05, 4.69) is 20.8 Å². The molecule has 6 nitrogen and oxygen atoms in total. The predicted molar refractivity (Wildman–Crippen MR) is 51.8 cm³/mol. The molecule has 1 heterocycles. The highest BCUT2D eigenvalue weighted by atomic mass is 16.5. The largest absolute Gasteiger partial charge is 0.382 e. The minimum absolute atomic E-state index is 0.170. The van der Waals surface area contributed by atoms with Gasteiger partial charge in [-0.1, -0.05) is 6.92 Å². The average molecular weight is 199 g/mol. The Hall–Kier alpha value is -1.01. The Bertz CT molecular complexity index is 262. The topological polar surface area (TPSA) is 64.9 Å². The summed E-state index contributed by atoms with van der Waals surface area (Å²) >= 11 is 0. The summed E-state index contributed by atoms with van der Waals surface area (Å²) in [6.45, 7) is 6.29. The van der Waals surface area contributed by atoms with Crippen molar-refractivity contribution in [3.63, 3.8) is 0 Å². The van der Waals surface area contributed by atoms with E-state index >= 15 is 0 Å². The first kappa shape index (κ1) is 11.1. The first-order valence-corrected chi connectivity index (χ1v) is 4.76. The molecule has 1 aromatic heterocycles. The molecular formula is C8H17N5O. The van der Waals surface area contributed by atoms with Crippen LogP contribution in [0.5, 0.6) is 0 Å². The number of aromatic nitrogens is 4. The van der Waals surface area contributed by atoms with Crippen molar-refractivity contribution in [1.29, 1.82) is 0 Å². The van der Waals surface area contributed by atoms with E-state index in [0.29, 0.717) is 13.2 Å². The van der Waals surface area contributed by atoms with Crippen LogP contribution in [0.15, 0.2) is 0 Å². The van der Waals surface area contributed by atoms with Gasteiger partial charge in [0.25, 0.3) is 0 Å². The average Bonchev–Trinajstić information content (AvgIpc) is 2.63. The van der Waals surface area contributed by atoms with Crippen molar-refractivity contribution in [2.45, 2.75) is 26.4 Å². The van der Waals surface area contributed by atoms with Crippen LogP contribution < -0.4 is 5.32 Å². The smallest absolute Gasteiger partial charge is 0.165 e. The van der Waals surface area contributed by atoms with Crippen molar-refractivity contribution in [2.75, 3.05) is 20.3 Å². The fourth-order valence-corrected chi connectivity index (χ4v) is 1.22. The molecule has 80 valence electrons. The Morgan fingerprint density at radius 1 is 1.57 bits per heavy atom. The van der Waals surface area contributed by atoms with Gasteiger partial charge in [-0.2, -0.15) is 0 Å². The quantitative estimate of drug-likeness (QED) is 0.698. The maximum Gasteiger partial charge on any atom is 0.165 e. The molecule has 1 N–H and O–H groups in total. The monoisotopic (exact) mass is 199 g/mol. The second kappa shape index (κ2) is 5.66. The van der Waals surface area contributed by atoms with Crippen LogP contribution in [0, 0.1) is 0 Å². The van der Waals surface area contributed by atoms with Gasteiger partial charge in [0.05, 0.1) is 19.2 Å². The Morgan fingerprint density at radius 2 is 2.36 bits per heavy atom. The molecule has 0 amide bonds. The summed E-state index contributed by atoms with van der Waals surface area (Å²) in [5.41, 5.74) is 0. The maximum atomic E-state index is 5.05. The Labute approximate surface area is 83.6 Å². The van der Waals surface area contributed by atoms with Gasteiger partial charge in [-0.25, -0.2) is 4.68 Å². The summed E-state index contributed by atoms with van der Waals surface area (Å²) in [6.07, 6.45) is 0. The van der Waals surface area contributed by atoms with Gasteiger partial charge in [0.15, 0.2) is 5.82 Å². The molecule has 0 aliphatic carbocycles. The normalized spacial score (nSPS) is 13.1. The van der Waals surface area contributed by atoms with E-state index in [1.54, 1.807) is 11.8 Å². The molecule has 0 saturated carbocycles. The van der Waals surface area contributed by atoms with Gasteiger partial charge in [0.1, 0.15) is 0 Å². The lowest BCUT2D eigenvalue weighted by Crippen LogP contribution is -2.20. The third kappa shape index (κ3) is 2.74. The van der Waals surface area contributed by atoms with Crippen LogP contribution in [0.3, 0.4) is 0 Å². The minimum Gasteiger partial charge on any atom is -0.382 e. The molecule has 1 unspecified atom stereocenters. The van der Waals surface area contributed by atoms with Gasteiger partial charge in [-0.05, 0) is 23.9 Å². The Balaban J connectivity index is 2.61. The second-order valence-corrected chi connectivity index (χ2v) is 3.12.